The van der Waals surface area contributed by atoms with E-state index in [2.05, 4.69) is 17.4 Å². The normalized spacial score (nSPS) is 15.0. The van der Waals surface area contributed by atoms with Crippen LogP contribution < -0.4 is 16.0 Å². The van der Waals surface area contributed by atoms with Gasteiger partial charge in [-0.25, -0.2) is 0 Å². The molecule has 0 unspecified atom stereocenters. The van der Waals surface area contributed by atoms with Gasteiger partial charge in [0.1, 0.15) is 11.4 Å². The number of rotatable bonds is 3. The van der Waals surface area contributed by atoms with Crippen molar-refractivity contribution in [3.63, 3.8) is 0 Å². The maximum absolute atomic E-state index is 9.76. The van der Waals surface area contributed by atoms with E-state index in [9.17, 15) is 5.11 Å². The number of phenols is 1. The second kappa shape index (κ2) is 4.65. The van der Waals surface area contributed by atoms with Gasteiger partial charge in [0.05, 0.1) is 11.4 Å². The second-order valence-corrected chi connectivity index (χ2v) is 3.58. The van der Waals surface area contributed by atoms with E-state index in [1.54, 1.807) is 23.3 Å². The van der Waals surface area contributed by atoms with Crippen molar-refractivity contribution >= 4 is 5.69 Å². The van der Waals surface area contributed by atoms with Crippen molar-refractivity contribution in [2.75, 3.05) is 5.12 Å². The molecule has 0 bridgehead atoms. The molecular weight excluding hydrogens is 214 g/mol. The highest BCUT2D eigenvalue weighted by molar-refractivity contribution is 5.59. The molecule has 0 atom stereocenters. The largest absolute Gasteiger partial charge is 0.506 e. The number of hydrogen-bond donors (Lipinski definition) is 3. The molecule has 0 aromatic heterocycles. The minimum absolute atomic E-state index is 0.206. The monoisotopic (exact) mass is 229 g/mol. The molecule has 17 heavy (non-hydrogen) atoms. The van der Waals surface area contributed by atoms with Gasteiger partial charge in [0, 0.05) is 0 Å². The third-order valence-corrected chi connectivity index (χ3v) is 2.41. The van der Waals surface area contributed by atoms with Crippen molar-refractivity contribution in [3.8, 4) is 5.75 Å². The summed E-state index contributed by atoms with van der Waals surface area (Å²) in [5.41, 5.74) is 8.67. The predicted octanol–water partition coefficient (Wildman–Crippen LogP) is 2.20. The summed E-state index contributed by atoms with van der Waals surface area (Å²) in [6.07, 6.45) is 5.59. The molecule has 0 saturated heterocycles. The highest BCUT2D eigenvalue weighted by Crippen LogP contribution is 2.27. The summed E-state index contributed by atoms with van der Waals surface area (Å²) in [7, 11) is 0. The van der Waals surface area contributed by atoms with Gasteiger partial charge in [-0.15, -0.1) is 0 Å². The van der Waals surface area contributed by atoms with Gasteiger partial charge in [0.2, 0.25) is 0 Å². The second-order valence-electron chi connectivity index (χ2n) is 3.58. The Morgan fingerprint density at radius 2 is 1.94 bits per heavy atom. The molecule has 1 aliphatic rings. The molecule has 1 aromatic carbocycles. The van der Waals surface area contributed by atoms with Crippen LogP contribution in [0, 0.1) is 0 Å². The van der Waals surface area contributed by atoms with Crippen LogP contribution in [0.4, 0.5) is 5.69 Å². The van der Waals surface area contributed by atoms with Gasteiger partial charge in [-0.1, -0.05) is 24.8 Å². The minimum atomic E-state index is 0.206. The first kappa shape index (κ1) is 11.1. The highest BCUT2D eigenvalue weighted by atomic mass is 16.3. The summed E-state index contributed by atoms with van der Waals surface area (Å²) in [4.78, 5) is 0. The SMILES string of the molecule is C=CC1=C(/C=C\C)NN(c2ccccc2O)N1. The quantitative estimate of drug-likeness (QED) is 0.743. The lowest BCUT2D eigenvalue weighted by molar-refractivity contribution is 0.471. The number of allylic oxidation sites excluding steroid dienone is 3. The van der Waals surface area contributed by atoms with Crippen molar-refractivity contribution in [1.82, 2.24) is 10.9 Å². The fourth-order valence-corrected chi connectivity index (χ4v) is 1.61. The summed E-state index contributed by atoms with van der Waals surface area (Å²) in [6.45, 7) is 5.68. The van der Waals surface area contributed by atoms with Crippen molar-refractivity contribution < 1.29 is 5.11 Å². The first-order valence-electron chi connectivity index (χ1n) is 5.37. The van der Waals surface area contributed by atoms with Gasteiger partial charge in [-0.05, 0) is 31.2 Å². The number of hydrogen-bond acceptors (Lipinski definition) is 4. The van der Waals surface area contributed by atoms with E-state index in [4.69, 9.17) is 0 Å². The summed E-state index contributed by atoms with van der Waals surface area (Å²) in [5, 5.41) is 11.4. The Morgan fingerprint density at radius 3 is 2.59 bits per heavy atom. The number of aromatic hydroxyl groups is 1. The molecule has 88 valence electrons. The molecule has 0 radical (unpaired) electrons. The number of benzene rings is 1. The maximum atomic E-state index is 9.76. The molecule has 1 aromatic rings. The van der Waals surface area contributed by atoms with Crippen LogP contribution in [0.3, 0.4) is 0 Å². The van der Waals surface area contributed by atoms with E-state index in [1.165, 1.54) is 0 Å². The molecule has 0 aliphatic carbocycles. The Kier molecular flexibility index (Phi) is 3.05. The van der Waals surface area contributed by atoms with Gasteiger partial charge in [-0.2, -0.15) is 5.12 Å². The number of para-hydroxylation sites is 2. The topological polar surface area (TPSA) is 47.5 Å². The Bertz CT molecular complexity index is 491. The van der Waals surface area contributed by atoms with Crippen LogP contribution in [0.5, 0.6) is 5.75 Å². The fourth-order valence-electron chi connectivity index (χ4n) is 1.61. The Morgan fingerprint density at radius 1 is 1.24 bits per heavy atom. The molecule has 0 amide bonds. The zero-order chi connectivity index (χ0) is 12.3. The molecular formula is C13H15N3O. The molecule has 2 rings (SSSR count). The lowest BCUT2D eigenvalue weighted by Gasteiger charge is -2.20. The van der Waals surface area contributed by atoms with Crippen molar-refractivity contribution in [2.24, 2.45) is 0 Å². The van der Waals surface area contributed by atoms with Crippen LogP contribution in [0.15, 0.2) is 60.5 Å². The van der Waals surface area contributed by atoms with Gasteiger partial charge in [0.25, 0.3) is 0 Å². The third kappa shape index (κ3) is 2.10. The van der Waals surface area contributed by atoms with Crippen LogP contribution in [0.1, 0.15) is 6.92 Å². The minimum Gasteiger partial charge on any atom is -0.506 e. The first-order chi connectivity index (χ1) is 8.26. The molecule has 0 spiro atoms. The summed E-state index contributed by atoms with van der Waals surface area (Å²) < 4.78 is 0. The van der Waals surface area contributed by atoms with Crippen LogP contribution in [-0.4, -0.2) is 5.11 Å². The lowest BCUT2D eigenvalue weighted by atomic mass is 10.3. The van der Waals surface area contributed by atoms with E-state index in [-0.39, 0.29) is 5.75 Å². The van der Waals surface area contributed by atoms with Gasteiger partial charge in [-0.3, -0.25) is 10.9 Å². The number of phenolic OH excluding ortho intramolecular Hbond substituents is 1. The van der Waals surface area contributed by atoms with Crippen LogP contribution in [0.25, 0.3) is 0 Å². The smallest absolute Gasteiger partial charge is 0.142 e. The maximum Gasteiger partial charge on any atom is 0.142 e. The Balaban J connectivity index is 2.25. The van der Waals surface area contributed by atoms with Crippen molar-refractivity contribution in [3.05, 3.63) is 60.5 Å². The first-order valence-corrected chi connectivity index (χ1v) is 5.37. The standard InChI is InChI=1S/C13H15N3O/c1-3-7-11-10(4-2)14-16(15-11)12-8-5-6-9-13(12)17/h3-9,14-15,17H,2H2,1H3/b7-3-. The third-order valence-electron chi connectivity index (χ3n) is 2.41. The molecule has 0 saturated carbocycles. The van der Waals surface area contributed by atoms with Crippen LogP contribution >= 0.6 is 0 Å². The molecule has 0 fully saturated rings. The van der Waals surface area contributed by atoms with Gasteiger partial charge in [0.15, 0.2) is 0 Å². The van der Waals surface area contributed by atoms with E-state index in [0.717, 1.165) is 11.4 Å². The van der Waals surface area contributed by atoms with Crippen LogP contribution in [-0.2, 0) is 0 Å². The van der Waals surface area contributed by atoms with Gasteiger partial charge < -0.3 is 5.11 Å². The Hall–Kier alpha value is -2.36. The zero-order valence-corrected chi connectivity index (χ0v) is 9.64. The van der Waals surface area contributed by atoms with E-state index in [1.807, 2.05) is 31.2 Å². The molecule has 1 heterocycles. The summed E-state index contributed by atoms with van der Waals surface area (Å²) in [6, 6.07) is 7.10. The number of nitrogens with one attached hydrogen (secondary N) is 2. The molecule has 1 aliphatic heterocycles. The molecule has 3 N–H and O–H groups in total. The average molecular weight is 229 g/mol. The van der Waals surface area contributed by atoms with Crippen LogP contribution in [0.2, 0.25) is 0 Å². The van der Waals surface area contributed by atoms with Gasteiger partial charge >= 0.3 is 0 Å². The average Bonchev–Trinajstić information content (AvgIpc) is 2.73. The van der Waals surface area contributed by atoms with Crippen molar-refractivity contribution in [1.29, 1.82) is 0 Å². The lowest BCUT2D eigenvalue weighted by Crippen LogP contribution is -2.39. The van der Waals surface area contributed by atoms with E-state index in [0.29, 0.717) is 5.69 Å². The predicted molar refractivity (Wildman–Crippen MR) is 68.9 cm³/mol. The highest BCUT2D eigenvalue weighted by Gasteiger charge is 2.19. The fraction of sp³-hybridized carbons (Fsp3) is 0.0769. The summed E-state index contributed by atoms with van der Waals surface area (Å²) >= 11 is 0. The number of nitrogens with zero attached hydrogens (tertiary/aromatic N) is 1. The summed E-state index contributed by atoms with van der Waals surface area (Å²) in [5.74, 6) is 0.206. The Labute approximate surface area is 101 Å². The van der Waals surface area contributed by atoms with Crippen molar-refractivity contribution in [2.45, 2.75) is 6.92 Å². The number of hydrazine groups is 2. The van der Waals surface area contributed by atoms with E-state index < -0.39 is 0 Å². The zero-order valence-electron chi connectivity index (χ0n) is 9.64. The molecule has 4 nitrogen and oxygen atoms in total. The number of anilines is 1. The van der Waals surface area contributed by atoms with E-state index >= 15 is 0 Å². The molecule has 4 heteroatoms.